The van der Waals surface area contributed by atoms with E-state index < -0.39 is 11.4 Å². The Balaban J connectivity index is 2.18. The molecule has 0 aliphatic heterocycles. The topological polar surface area (TPSA) is 46.5 Å². The number of ether oxygens (including phenoxy) is 1. The lowest BCUT2D eigenvalue weighted by Gasteiger charge is -2.26. The first-order valence-corrected chi connectivity index (χ1v) is 7.43. The fourth-order valence-corrected chi connectivity index (χ4v) is 2.85. The first-order chi connectivity index (χ1) is 11.1. The van der Waals surface area contributed by atoms with Gasteiger partial charge in [-0.25, -0.2) is 0 Å². The van der Waals surface area contributed by atoms with Crippen LogP contribution in [-0.4, -0.2) is 18.2 Å². The van der Waals surface area contributed by atoms with E-state index in [9.17, 15) is 9.90 Å². The monoisotopic (exact) mass is 306 g/mol. The van der Waals surface area contributed by atoms with Crippen LogP contribution in [0.1, 0.15) is 18.1 Å². The van der Waals surface area contributed by atoms with Gasteiger partial charge in [-0.3, -0.25) is 4.79 Å². The number of carbonyl (C=O) groups is 1. The Morgan fingerprint density at radius 2 is 1.57 bits per heavy atom. The van der Waals surface area contributed by atoms with Gasteiger partial charge >= 0.3 is 5.97 Å². The number of carboxylic acid groups (broad SMARTS) is 1. The highest BCUT2D eigenvalue weighted by Crippen LogP contribution is 2.34. The van der Waals surface area contributed by atoms with Crippen molar-refractivity contribution < 1.29 is 14.6 Å². The Kier molecular flexibility index (Phi) is 3.78. The molecular formula is C20H18O3. The fraction of sp³-hybridized carbons (Fsp3) is 0.150. The Hall–Kier alpha value is -2.81. The van der Waals surface area contributed by atoms with Crippen LogP contribution in [-0.2, 0) is 10.2 Å². The molecule has 0 aromatic heterocycles. The predicted molar refractivity (Wildman–Crippen MR) is 91.0 cm³/mol. The Morgan fingerprint density at radius 3 is 2.22 bits per heavy atom. The molecule has 0 aliphatic rings. The summed E-state index contributed by atoms with van der Waals surface area (Å²) in [5.74, 6) is -0.0779. The van der Waals surface area contributed by atoms with E-state index >= 15 is 0 Å². The van der Waals surface area contributed by atoms with Crippen molar-refractivity contribution in [2.45, 2.75) is 12.3 Å². The third kappa shape index (κ3) is 2.55. The van der Waals surface area contributed by atoms with E-state index in [2.05, 4.69) is 0 Å². The van der Waals surface area contributed by atoms with Crippen LogP contribution in [0.15, 0.2) is 66.7 Å². The van der Waals surface area contributed by atoms with Crippen molar-refractivity contribution in [2.24, 2.45) is 0 Å². The van der Waals surface area contributed by atoms with Crippen LogP contribution >= 0.6 is 0 Å². The largest absolute Gasteiger partial charge is 0.497 e. The van der Waals surface area contributed by atoms with Gasteiger partial charge in [0, 0.05) is 0 Å². The minimum absolute atomic E-state index is 0.758. The maximum Gasteiger partial charge on any atom is 0.318 e. The minimum atomic E-state index is -1.09. The van der Waals surface area contributed by atoms with Gasteiger partial charge < -0.3 is 9.84 Å². The van der Waals surface area contributed by atoms with E-state index in [-0.39, 0.29) is 0 Å². The second-order valence-electron chi connectivity index (χ2n) is 5.72. The Labute approximate surface area is 135 Å². The second kappa shape index (κ2) is 5.76. The van der Waals surface area contributed by atoms with Gasteiger partial charge in [-0.05, 0) is 47.0 Å². The highest BCUT2D eigenvalue weighted by atomic mass is 16.5. The molecule has 0 aliphatic carbocycles. The molecule has 0 fully saturated rings. The normalized spacial score (nSPS) is 13.5. The molecule has 0 saturated heterocycles. The van der Waals surface area contributed by atoms with E-state index in [4.69, 9.17) is 4.74 Å². The zero-order valence-corrected chi connectivity index (χ0v) is 13.1. The lowest BCUT2D eigenvalue weighted by molar-refractivity contribution is -0.141. The van der Waals surface area contributed by atoms with Gasteiger partial charge in [-0.2, -0.15) is 0 Å². The third-order valence-corrected chi connectivity index (χ3v) is 4.40. The van der Waals surface area contributed by atoms with E-state index in [0.717, 1.165) is 27.6 Å². The summed E-state index contributed by atoms with van der Waals surface area (Å²) in [6, 6.07) is 20.9. The van der Waals surface area contributed by atoms with Gasteiger partial charge in [0.15, 0.2) is 0 Å². The van der Waals surface area contributed by atoms with Gasteiger partial charge in [0.1, 0.15) is 11.2 Å². The molecule has 1 N–H and O–H groups in total. The van der Waals surface area contributed by atoms with Crippen molar-refractivity contribution in [3.8, 4) is 5.75 Å². The van der Waals surface area contributed by atoms with Crippen molar-refractivity contribution in [1.29, 1.82) is 0 Å². The van der Waals surface area contributed by atoms with Gasteiger partial charge in [0.25, 0.3) is 0 Å². The number of carboxylic acids is 1. The van der Waals surface area contributed by atoms with E-state index in [0.29, 0.717) is 0 Å². The molecule has 3 nitrogen and oxygen atoms in total. The molecule has 0 saturated carbocycles. The lowest BCUT2D eigenvalue weighted by Crippen LogP contribution is -2.33. The van der Waals surface area contributed by atoms with E-state index in [1.807, 2.05) is 66.7 Å². The molecule has 0 spiro atoms. The highest BCUT2D eigenvalue weighted by molar-refractivity contribution is 5.90. The molecule has 3 aromatic carbocycles. The maximum atomic E-state index is 12.0. The van der Waals surface area contributed by atoms with Crippen molar-refractivity contribution in [3.63, 3.8) is 0 Å². The summed E-state index contributed by atoms with van der Waals surface area (Å²) >= 11 is 0. The SMILES string of the molecule is COc1ccc2cc(C(C)(C(=O)O)c3ccccc3)ccc2c1. The molecule has 116 valence electrons. The molecule has 1 unspecified atom stereocenters. The number of rotatable bonds is 4. The number of hydrogen-bond donors (Lipinski definition) is 1. The Morgan fingerprint density at radius 1 is 0.913 bits per heavy atom. The predicted octanol–water partition coefficient (Wildman–Crippen LogP) is 4.24. The Bertz CT molecular complexity index is 855. The smallest absolute Gasteiger partial charge is 0.318 e. The van der Waals surface area contributed by atoms with E-state index in [1.165, 1.54) is 0 Å². The number of hydrogen-bond acceptors (Lipinski definition) is 2. The van der Waals surface area contributed by atoms with Gasteiger partial charge in [-0.1, -0.05) is 48.5 Å². The van der Waals surface area contributed by atoms with E-state index in [1.54, 1.807) is 14.0 Å². The van der Waals surface area contributed by atoms with Crippen molar-refractivity contribution >= 4 is 16.7 Å². The van der Waals surface area contributed by atoms with Crippen LogP contribution < -0.4 is 4.74 Å². The number of benzene rings is 3. The molecule has 3 rings (SSSR count). The first-order valence-electron chi connectivity index (χ1n) is 7.43. The van der Waals surface area contributed by atoms with Crippen molar-refractivity contribution in [2.75, 3.05) is 7.11 Å². The van der Waals surface area contributed by atoms with Crippen LogP contribution in [0.2, 0.25) is 0 Å². The summed E-state index contributed by atoms with van der Waals surface area (Å²) in [4.78, 5) is 12.0. The molecule has 1 atom stereocenters. The molecule has 3 heteroatoms. The van der Waals surface area contributed by atoms with Crippen molar-refractivity contribution in [1.82, 2.24) is 0 Å². The average Bonchev–Trinajstić information content (AvgIpc) is 2.60. The molecule has 3 aromatic rings. The molecule has 0 bridgehead atoms. The van der Waals surface area contributed by atoms with Crippen LogP contribution in [0.5, 0.6) is 5.75 Å². The molecule has 23 heavy (non-hydrogen) atoms. The van der Waals surface area contributed by atoms with Crippen LogP contribution in [0.3, 0.4) is 0 Å². The van der Waals surface area contributed by atoms with Gasteiger partial charge in [-0.15, -0.1) is 0 Å². The summed E-state index contributed by atoms with van der Waals surface area (Å²) in [5, 5.41) is 11.9. The summed E-state index contributed by atoms with van der Waals surface area (Å²) in [7, 11) is 1.63. The van der Waals surface area contributed by atoms with Crippen LogP contribution in [0.25, 0.3) is 10.8 Å². The van der Waals surface area contributed by atoms with Crippen LogP contribution in [0.4, 0.5) is 0 Å². The second-order valence-corrected chi connectivity index (χ2v) is 5.72. The summed E-state index contributed by atoms with van der Waals surface area (Å²) in [5.41, 5.74) is 0.435. The lowest BCUT2D eigenvalue weighted by atomic mass is 9.76. The van der Waals surface area contributed by atoms with Gasteiger partial charge in [0.05, 0.1) is 7.11 Å². The number of fused-ring (bicyclic) bond motifs is 1. The third-order valence-electron chi connectivity index (χ3n) is 4.40. The number of methoxy groups -OCH3 is 1. The maximum absolute atomic E-state index is 12.0. The van der Waals surface area contributed by atoms with Crippen LogP contribution in [0, 0.1) is 0 Å². The zero-order chi connectivity index (χ0) is 16.4. The fourth-order valence-electron chi connectivity index (χ4n) is 2.85. The number of aliphatic carboxylic acids is 1. The highest BCUT2D eigenvalue weighted by Gasteiger charge is 2.37. The minimum Gasteiger partial charge on any atom is -0.497 e. The summed E-state index contributed by atoms with van der Waals surface area (Å²) < 4.78 is 5.23. The first kappa shape index (κ1) is 15.1. The molecular weight excluding hydrogens is 288 g/mol. The summed E-state index contributed by atoms with van der Waals surface area (Å²) in [6.07, 6.45) is 0. The standard InChI is InChI=1S/C20H18O3/c1-20(19(21)22,16-6-4-3-5-7-16)17-10-8-15-13-18(23-2)11-9-14(15)12-17/h3-13H,1-2H3,(H,21,22). The van der Waals surface area contributed by atoms with Gasteiger partial charge in [0.2, 0.25) is 0 Å². The average molecular weight is 306 g/mol. The molecule has 0 heterocycles. The van der Waals surface area contributed by atoms with Crippen molar-refractivity contribution in [3.05, 3.63) is 77.9 Å². The molecule has 0 amide bonds. The zero-order valence-electron chi connectivity index (χ0n) is 13.1. The quantitative estimate of drug-likeness (QED) is 0.784. The molecule has 0 radical (unpaired) electrons. The summed E-state index contributed by atoms with van der Waals surface area (Å²) in [6.45, 7) is 1.75.